The van der Waals surface area contributed by atoms with E-state index < -0.39 is 0 Å². The predicted octanol–water partition coefficient (Wildman–Crippen LogP) is 3.81. The Hall–Kier alpha value is -1.25. The third kappa shape index (κ3) is 6.46. The summed E-state index contributed by atoms with van der Waals surface area (Å²) < 4.78 is 5.76. The van der Waals surface area contributed by atoms with Gasteiger partial charge in [-0.05, 0) is 37.3 Å². The molecule has 1 aliphatic rings. The van der Waals surface area contributed by atoms with Crippen LogP contribution in [0.2, 0.25) is 0 Å². The lowest BCUT2D eigenvalue weighted by Gasteiger charge is -2.29. The molecule has 1 heterocycles. The zero-order valence-corrected chi connectivity index (χ0v) is 13.5. The van der Waals surface area contributed by atoms with Crippen molar-refractivity contribution in [2.45, 2.75) is 60.9 Å². The monoisotopic (exact) mass is 267 g/mol. The standard InChI is InChI=1S/C14H23NO2.C2H6/c1-9(2)6-12-7-13(15-11(5)16)8-17-14(12)10(3)4;1-2/h6,9,13H,7-8H2,1-5H3,(H,15,16);1-2H3/b12-6-;. The number of allylic oxidation sites excluding steroid dienone is 3. The molecule has 0 aromatic heterocycles. The van der Waals surface area contributed by atoms with E-state index in [1.54, 1.807) is 6.92 Å². The number of carbonyl (C=O) groups is 1. The maximum absolute atomic E-state index is 11.1. The topological polar surface area (TPSA) is 38.3 Å². The molecule has 0 bridgehead atoms. The first-order valence-electron chi connectivity index (χ1n) is 7.18. The fourth-order valence-electron chi connectivity index (χ4n) is 2.09. The van der Waals surface area contributed by atoms with Gasteiger partial charge in [0.05, 0.1) is 6.04 Å². The number of carbonyl (C=O) groups excluding carboxylic acids is 1. The number of hydrogen-bond donors (Lipinski definition) is 1. The van der Waals surface area contributed by atoms with Crippen LogP contribution in [0.3, 0.4) is 0 Å². The zero-order chi connectivity index (χ0) is 15.0. The SMILES string of the molecule is CC.CC(=O)NC1COC(=C(C)C)/C(=C\C(C)C)C1. The van der Waals surface area contributed by atoms with E-state index in [1.165, 1.54) is 11.1 Å². The molecule has 1 fully saturated rings. The van der Waals surface area contributed by atoms with Crippen molar-refractivity contribution < 1.29 is 9.53 Å². The van der Waals surface area contributed by atoms with Gasteiger partial charge < -0.3 is 10.1 Å². The third-order valence-electron chi connectivity index (χ3n) is 2.58. The maximum atomic E-state index is 11.1. The van der Waals surface area contributed by atoms with Crippen LogP contribution in [0, 0.1) is 5.92 Å². The Morgan fingerprint density at radius 2 is 1.89 bits per heavy atom. The highest BCUT2D eigenvalue weighted by molar-refractivity contribution is 5.73. The van der Waals surface area contributed by atoms with Gasteiger partial charge in [0, 0.05) is 6.92 Å². The van der Waals surface area contributed by atoms with Gasteiger partial charge >= 0.3 is 0 Å². The lowest BCUT2D eigenvalue weighted by Crippen LogP contribution is -2.39. The molecule has 3 heteroatoms. The molecule has 0 radical (unpaired) electrons. The summed E-state index contributed by atoms with van der Waals surface area (Å²) in [5.74, 6) is 1.49. The van der Waals surface area contributed by atoms with Crippen LogP contribution < -0.4 is 5.32 Å². The molecule has 1 unspecified atom stereocenters. The van der Waals surface area contributed by atoms with E-state index in [9.17, 15) is 4.79 Å². The average molecular weight is 267 g/mol. The molecule has 1 amide bonds. The van der Waals surface area contributed by atoms with Gasteiger partial charge in [-0.3, -0.25) is 4.79 Å². The fraction of sp³-hybridized carbons (Fsp3) is 0.688. The van der Waals surface area contributed by atoms with Gasteiger partial charge in [0.2, 0.25) is 5.91 Å². The van der Waals surface area contributed by atoms with Crippen LogP contribution in [0.25, 0.3) is 0 Å². The Labute approximate surface area is 118 Å². The van der Waals surface area contributed by atoms with E-state index >= 15 is 0 Å². The molecule has 1 N–H and O–H groups in total. The highest BCUT2D eigenvalue weighted by Gasteiger charge is 2.23. The summed E-state index contributed by atoms with van der Waals surface area (Å²) in [7, 11) is 0. The smallest absolute Gasteiger partial charge is 0.217 e. The molecule has 0 saturated carbocycles. The van der Waals surface area contributed by atoms with E-state index in [0.29, 0.717) is 12.5 Å². The van der Waals surface area contributed by atoms with E-state index in [-0.39, 0.29) is 11.9 Å². The van der Waals surface area contributed by atoms with Crippen molar-refractivity contribution in [2.24, 2.45) is 5.92 Å². The minimum absolute atomic E-state index is 0.00291. The number of hydrogen-bond acceptors (Lipinski definition) is 2. The quantitative estimate of drug-likeness (QED) is 0.826. The summed E-state index contributed by atoms with van der Waals surface area (Å²) in [6.45, 7) is 14.5. The fourth-order valence-corrected chi connectivity index (χ4v) is 2.09. The molecular weight excluding hydrogens is 238 g/mol. The van der Waals surface area contributed by atoms with Crippen molar-refractivity contribution in [3.8, 4) is 0 Å². The Kier molecular flexibility index (Phi) is 8.21. The van der Waals surface area contributed by atoms with E-state index in [1.807, 2.05) is 13.8 Å². The van der Waals surface area contributed by atoms with Crippen molar-refractivity contribution in [3.63, 3.8) is 0 Å². The number of nitrogens with one attached hydrogen (secondary N) is 1. The summed E-state index contributed by atoms with van der Waals surface area (Å²) in [5, 5.41) is 2.92. The molecule has 1 aliphatic heterocycles. The van der Waals surface area contributed by atoms with Crippen LogP contribution in [0.15, 0.2) is 23.0 Å². The number of rotatable bonds is 2. The van der Waals surface area contributed by atoms with Crippen molar-refractivity contribution >= 4 is 5.91 Å². The van der Waals surface area contributed by atoms with Crippen LogP contribution in [0.1, 0.15) is 54.9 Å². The summed E-state index contributed by atoms with van der Waals surface area (Å²) in [5.41, 5.74) is 2.41. The summed E-state index contributed by atoms with van der Waals surface area (Å²) in [4.78, 5) is 11.1. The van der Waals surface area contributed by atoms with Crippen molar-refractivity contribution in [1.82, 2.24) is 5.32 Å². The van der Waals surface area contributed by atoms with Crippen molar-refractivity contribution in [3.05, 3.63) is 23.0 Å². The first-order chi connectivity index (χ1) is 8.90. The van der Waals surface area contributed by atoms with E-state index in [2.05, 4.69) is 39.1 Å². The van der Waals surface area contributed by atoms with Crippen LogP contribution in [-0.2, 0) is 9.53 Å². The van der Waals surface area contributed by atoms with Crippen LogP contribution in [0.4, 0.5) is 0 Å². The van der Waals surface area contributed by atoms with Gasteiger partial charge in [-0.2, -0.15) is 0 Å². The van der Waals surface area contributed by atoms with Crippen LogP contribution >= 0.6 is 0 Å². The Bertz CT molecular complexity index is 350. The second-order valence-electron chi connectivity index (χ2n) is 5.18. The van der Waals surface area contributed by atoms with Gasteiger partial charge in [-0.15, -0.1) is 0 Å². The highest BCUT2D eigenvalue weighted by Crippen LogP contribution is 2.27. The Morgan fingerprint density at radius 3 is 2.32 bits per heavy atom. The molecule has 110 valence electrons. The molecule has 1 atom stereocenters. The van der Waals surface area contributed by atoms with Gasteiger partial charge in [0.15, 0.2) is 0 Å². The van der Waals surface area contributed by atoms with Gasteiger partial charge in [-0.25, -0.2) is 0 Å². The molecule has 0 aromatic rings. The minimum Gasteiger partial charge on any atom is -0.491 e. The lowest BCUT2D eigenvalue weighted by molar-refractivity contribution is -0.120. The van der Waals surface area contributed by atoms with Crippen molar-refractivity contribution in [2.75, 3.05) is 6.61 Å². The lowest BCUT2D eigenvalue weighted by atomic mass is 9.96. The summed E-state index contributed by atoms with van der Waals surface area (Å²) in [6, 6.07) is 0.0978. The summed E-state index contributed by atoms with van der Waals surface area (Å²) in [6.07, 6.45) is 3.08. The zero-order valence-electron chi connectivity index (χ0n) is 13.5. The second-order valence-corrected chi connectivity index (χ2v) is 5.18. The van der Waals surface area contributed by atoms with Crippen molar-refractivity contribution in [1.29, 1.82) is 0 Å². The molecule has 0 aromatic carbocycles. The second kappa shape index (κ2) is 8.78. The van der Waals surface area contributed by atoms with Crippen LogP contribution in [0.5, 0.6) is 0 Å². The maximum Gasteiger partial charge on any atom is 0.217 e. The van der Waals surface area contributed by atoms with Crippen LogP contribution in [-0.4, -0.2) is 18.6 Å². The molecule has 1 rings (SSSR count). The molecule has 19 heavy (non-hydrogen) atoms. The average Bonchev–Trinajstić information content (AvgIpc) is 2.29. The van der Waals surface area contributed by atoms with Gasteiger partial charge in [0.1, 0.15) is 12.4 Å². The van der Waals surface area contributed by atoms with Gasteiger partial charge in [0.25, 0.3) is 0 Å². The predicted molar refractivity (Wildman–Crippen MR) is 80.8 cm³/mol. The highest BCUT2D eigenvalue weighted by atomic mass is 16.5. The normalized spacial score (nSPS) is 20.5. The van der Waals surface area contributed by atoms with E-state index in [4.69, 9.17) is 4.74 Å². The molecule has 0 aliphatic carbocycles. The Morgan fingerprint density at radius 1 is 1.32 bits per heavy atom. The first kappa shape index (κ1) is 17.8. The third-order valence-corrected chi connectivity index (χ3v) is 2.58. The van der Waals surface area contributed by atoms with Gasteiger partial charge in [-0.1, -0.05) is 33.8 Å². The van der Waals surface area contributed by atoms with E-state index in [0.717, 1.165) is 12.2 Å². The minimum atomic E-state index is 0.00291. The molecule has 0 spiro atoms. The number of amides is 1. The Balaban J connectivity index is 0.00000154. The molecule has 1 saturated heterocycles. The number of ether oxygens (including phenoxy) is 1. The first-order valence-corrected chi connectivity index (χ1v) is 7.18. The molecular formula is C16H29NO2. The largest absolute Gasteiger partial charge is 0.491 e. The molecule has 3 nitrogen and oxygen atoms in total. The summed E-state index contributed by atoms with van der Waals surface area (Å²) >= 11 is 0.